The third-order valence-corrected chi connectivity index (χ3v) is 2.76. The number of benzene rings is 1. The van der Waals surface area contributed by atoms with Crippen molar-refractivity contribution in [1.29, 1.82) is 0 Å². The first-order valence-electron chi connectivity index (χ1n) is 6.21. The summed E-state index contributed by atoms with van der Waals surface area (Å²) in [5.41, 5.74) is 8.02. The van der Waals surface area contributed by atoms with Gasteiger partial charge in [-0.1, -0.05) is 24.0 Å². The summed E-state index contributed by atoms with van der Waals surface area (Å²) in [4.78, 5) is 12.3. The fourth-order valence-electron chi connectivity index (χ4n) is 1.85. The van der Waals surface area contributed by atoms with Crippen LogP contribution in [0.15, 0.2) is 30.5 Å². The molecule has 20 heavy (non-hydrogen) atoms. The fraction of sp³-hybridized carbons (Fsp3) is 0.200. The number of aromatic nitrogens is 2. The Kier molecular flexibility index (Phi) is 4.18. The van der Waals surface area contributed by atoms with Crippen LogP contribution >= 0.6 is 0 Å². The molecule has 5 nitrogen and oxygen atoms in total. The minimum Gasteiger partial charge on any atom is -0.320 e. The quantitative estimate of drug-likeness (QED) is 0.806. The Morgan fingerprint density at radius 3 is 2.85 bits per heavy atom. The number of amides is 1. The molecule has 0 radical (unpaired) electrons. The fourth-order valence-corrected chi connectivity index (χ4v) is 1.85. The molecule has 1 amide bonds. The van der Waals surface area contributed by atoms with Crippen LogP contribution in [0.5, 0.6) is 0 Å². The van der Waals surface area contributed by atoms with Crippen molar-refractivity contribution in [2.75, 3.05) is 11.9 Å². The Bertz CT molecular complexity index is 691. The van der Waals surface area contributed by atoms with E-state index >= 15 is 0 Å². The van der Waals surface area contributed by atoms with E-state index in [1.807, 2.05) is 20.0 Å². The Labute approximate surface area is 117 Å². The zero-order chi connectivity index (χ0) is 14.5. The van der Waals surface area contributed by atoms with Crippen molar-refractivity contribution in [2.24, 2.45) is 12.8 Å². The van der Waals surface area contributed by atoms with E-state index in [9.17, 15) is 4.79 Å². The van der Waals surface area contributed by atoms with Crippen molar-refractivity contribution in [3.05, 3.63) is 47.3 Å². The minimum atomic E-state index is -0.206. The summed E-state index contributed by atoms with van der Waals surface area (Å²) in [6.07, 6.45) is 1.77. The van der Waals surface area contributed by atoms with Gasteiger partial charge in [0.25, 0.3) is 5.91 Å². The van der Waals surface area contributed by atoms with Crippen LogP contribution in [-0.2, 0) is 7.05 Å². The number of aryl methyl sites for hydroxylation is 2. The van der Waals surface area contributed by atoms with Gasteiger partial charge in [0.1, 0.15) is 0 Å². The molecule has 0 bridgehead atoms. The van der Waals surface area contributed by atoms with Crippen molar-refractivity contribution in [2.45, 2.75) is 6.92 Å². The molecule has 1 heterocycles. The first kappa shape index (κ1) is 13.8. The predicted molar refractivity (Wildman–Crippen MR) is 78.3 cm³/mol. The van der Waals surface area contributed by atoms with Gasteiger partial charge in [0.2, 0.25) is 0 Å². The molecule has 0 aliphatic carbocycles. The molecule has 1 aromatic carbocycles. The number of nitrogens with zero attached hydrogens (tertiary/aromatic N) is 2. The normalized spacial score (nSPS) is 9.75. The topological polar surface area (TPSA) is 72.9 Å². The van der Waals surface area contributed by atoms with Crippen molar-refractivity contribution in [1.82, 2.24) is 9.78 Å². The average molecular weight is 268 g/mol. The van der Waals surface area contributed by atoms with Gasteiger partial charge >= 0.3 is 0 Å². The van der Waals surface area contributed by atoms with Gasteiger partial charge in [0, 0.05) is 18.8 Å². The predicted octanol–water partition coefficient (Wildman–Crippen LogP) is 1.29. The maximum Gasteiger partial charge on any atom is 0.257 e. The van der Waals surface area contributed by atoms with Gasteiger partial charge in [0.05, 0.1) is 23.5 Å². The third kappa shape index (κ3) is 3.05. The summed E-state index contributed by atoms with van der Waals surface area (Å²) in [7, 11) is 1.81. The standard InChI is InChI=1S/C15H16N4O/c1-11-14(10-19(2)18-11)17-15(20)13-8-4-3-6-12(13)7-5-9-16/h3-4,6,8,10H,9,16H2,1-2H3,(H,17,20). The monoisotopic (exact) mass is 268 g/mol. The molecule has 0 saturated heterocycles. The molecule has 3 N–H and O–H groups in total. The molecule has 5 heteroatoms. The lowest BCUT2D eigenvalue weighted by Crippen LogP contribution is -2.13. The van der Waals surface area contributed by atoms with Crippen LogP contribution in [0.2, 0.25) is 0 Å². The second-order valence-electron chi connectivity index (χ2n) is 4.31. The van der Waals surface area contributed by atoms with E-state index in [1.165, 1.54) is 0 Å². The van der Waals surface area contributed by atoms with E-state index in [2.05, 4.69) is 22.3 Å². The number of rotatable bonds is 2. The first-order chi connectivity index (χ1) is 9.61. The molecule has 1 aromatic heterocycles. The number of nitrogens with one attached hydrogen (secondary N) is 1. The SMILES string of the molecule is Cc1nn(C)cc1NC(=O)c1ccccc1C#CCN. The number of hydrogen-bond acceptors (Lipinski definition) is 3. The molecular formula is C15H16N4O. The molecule has 0 saturated carbocycles. The lowest BCUT2D eigenvalue weighted by molar-refractivity contribution is 0.102. The van der Waals surface area contributed by atoms with Crippen LogP contribution in [0.3, 0.4) is 0 Å². The second-order valence-corrected chi connectivity index (χ2v) is 4.31. The number of carbonyl (C=O) groups is 1. The molecule has 0 atom stereocenters. The zero-order valence-corrected chi connectivity index (χ0v) is 11.5. The minimum absolute atomic E-state index is 0.206. The highest BCUT2D eigenvalue weighted by molar-refractivity contribution is 6.06. The number of nitrogens with two attached hydrogens (primary N) is 1. The van der Waals surface area contributed by atoms with E-state index < -0.39 is 0 Å². The molecule has 2 aromatic rings. The molecule has 0 aliphatic rings. The lowest BCUT2D eigenvalue weighted by atomic mass is 10.1. The van der Waals surface area contributed by atoms with Crippen LogP contribution in [0, 0.1) is 18.8 Å². The summed E-state index contributed by atoms with van der Waals surface area (Å²) in [5, 5.41) is 7.03. The molecule has 0 fully saturated rings. The molecule has 0 spiro atoms. The van der Waals surface area contributed by atoms with Crippen molar-refractivity contribution in [3.8, 4) is 11.8 Å². The van der Waals surface area contributed by atoms with Gasteiger partial charge in [-0.05, 0) is 19.1 Å². The molecule has 102 valence electrons. The van der Waals surface area contributed by atoms with Gasteiger partial charge in [-0.15, -0.1) is 0 Å². The van der Waals surface area contributed by atoms with Crippen LogP contribution < -0.4 is 11.1 Å². The Balaban J connectivity index is 2.28. The Morgan fingerprint density at radius 1 is 1.45 bits per heavy atom. The van der Waals surface area contributed by atoms with Crippen LogP contribution in [0.25, 0.3) is 0 Å². The first-order valence-corrected chi connectivity index (χ1v) is 6.21. The summed E-state index contributed by atoms with van der Waals surface area (Å²) in [6.45, 7) is 2.10. The maximum atomic E-state index is 12.3. The summed E-state index contributed by atoms with van der Waals surface area (Å²) >= 11 is 0. The molecule has 2 rings (SSSR count). The van der Waals surface area contributed by atoms with Crippen molar-refractivity contribution < 1.29 is 4.79 Å². The Morgan fingerprint density at radius 2 is 2.20 bits per heavy atom. The van der Waals surface area contributed by atoms with Crippen molar-refractivity contribution in [3.63, 3.8) is 0 Å². The maximum absolute atomic E-state index is 12.3. The lowest BCUT2D eigenvalue weighted by Gasteiger charge is -2.05. The van der Waals surface area contributed by atoms with Gasteiger partial charge < -0.3 is 11.1 Å². The van der Waals surface area contributed by atoms with E-state index in [0.717, 1.165) is 5.69 Å². The van der Waals surface area contributed by atoms with Crippen molar-refractivity contribution >= 4 is 11.6 Å². The van der Waals surface area contributed by atoms with Crippen LogP contribution in [0.1, 0.15) is 21.6 Å². The molecule has 0 unspecified atom stereocenters. The number of carbonyl (C=O) groups excluding carboxylic acids is 1. The second kappa shape index (κ2) is 6.04. The summed E-state index contributed by atoms with van der Waals surface area (Å²) < 4.78 is 1.66. The average Bonchev–Trinajstić information content (AvgIpc) is 2.75. The molecule has 0 aliphatic heterocycles. The van der Waals surface area contributed by atoms with Gasteiger partial charge in [-0.25, -0.2) is 0 Å². The summed E-state index contributed by atoms with van der Waals surface area (Å²) in [6, 6.07) is 7.18. The largest absolute Gasteiger partial charge is 0.320 e. The third-order valence-electron chi connectivity index (χ3n) is 2.76. The molecular weight excluding hydrogens is 252 g/mol. The van der Waals surface area contributed by atoms with Gasteiger partial charge in [0.15, 0.2) is 0 Å². The number of anilines is 1. The number of hydrogen-bond donors (Lipinski definition) is 2. The smallest absolute Gasteiger partial charge is 0.257 e. The van der Waals surface area contributed by atoms with Gasteiger partial charge in [-0.3, -0.25) is 9.48 Å². The highest BCUT2D eigenvalue weighted by atomic mass is 16.1. The van der Waals surface area contributed by atoms with E-state index in [4.69, 9.17) is 5.73 Å². The Hall–Kier alpha value is -2.58. The van der Waals surface area contributed by atoms with E-state index in [1.54, 1.807) is 29.1 Å². The summed E-state index contributed by atoms with van der Waals surface area (Å²) in [5.74, 6) is 5.46. The van der Waals surface area contributed by atoms with Crippen LogP contribution in [0.4, 0.5) is 5.69 Å². The van der Waals surface area contributed by atoms with Gasteiger partial charge in [-0.2, -0.15) is 5.10 Å². The van der Waals surface area contributed by atoms with Crippen LogP contribution in [-0.4, -0.2) is 22.2 Å². The van der Waals surface area contributed by atoms with E-state index in [0.29, 0.717) is 16.8 Å². The zero-order valence-electron chi connectivity index (χ0n) is 11.5. The van der Waals surface area contributed by atoms with E-state index in [-0.39, 0.29) is 12.5 Å². The highest BCUT2D eigenvalue weighted by Gasteiger charge is 2.12. The highest BCUT2D eigenvalue weighted by Crippen LogP contribution is 2.15.